The van der Waals surface area contributed by atoms with Crippen LogP contribution in [-0.4, -0.2) is 18.7 Å². The van der Waals surface area contributed by atoms with E-state index < -0.39 is 0 Å². The van der Waals surface area contributed by atoms with Crippen LogP contribution in [0.25, 0.3) is 0 Å². The predicted octanol–water partition coefficient (Wildman–Crippen LogP) is 3.96. The number of ether oxygens (including phenoxy) is 1. The van der Waals surface area contributed by atoms with Gasteiger partial charge in [0.2, 0.25) is 0 Å². The minimum atomic E-state index is 0.275. The second-order valence-electron chi connectivity index (χ2n) is 5.79. The van der Waals surface area contributed by atoms with Crippen molar-refractivity contribution in [3.63, 3.8) is 0 Å². The van der Waals surface area contributed by atoms with Crippen LogP contribution in [0.15, 0.2) is 18.2 Å². The van der Waals surface area contributed by atoms with Gasteiger partial charge in [0.25, 0.3) is 0 Å². The predicted molar refractivity (Wildman–Crippen MR) is 79.1 cm³/mol. The number of halogens is 1. The van der Waals surface area contributed by atoms with Gasteiger partial charge in [0.05, 0.1) is 0 Å². The Labute approximate surface area is 120 Å². The Balaban J connectivity index is 1.50. The van der Waals surface area contributed by atoms with Crippen molar-refractivity contribution in [2.45, 2.75) is 57.1 Å². The molecule has 0 amide bonds. The van der Waals surface area contributed by atoms with Crippen LogP contribution in [0.2, 0.25) is 5.02 Å². The van der Waals surface area contributed by atoms with Crippen molar-refractivity contribution in [1.82, 2.24) is 5.32 Å². The van der Waals surface area contributed by atoms with Crippen LogP contribution in [0.3, 0.4) is 0 Å². The summed E-state index contributed by atoms with van der Waals surface area (Å²) >= 11 is 6.02. The van der Waals surface area contributed by atoms with Gasteiger partial charge in [0.15, 0.2) is 0 Å². The molecule has 0 saturated heterocycles. The molecule has 0 aromatic heterocycles. The summed E-state index contributed by atoms with van der Waals surface area (Å²) < 4.78 is 5.96. The van der Waals surface area contributed by atoms with Gasteiger partial charge in [-0.25, -0.2) is 0 Å². The molecule has 1 N–H and O–H groups in total. The zero-order valence-electron chi connectivity index (χ0n) is 11.3. The van der Waals surface area contributed by atoms with Gasteiger partial charge in [-0.3, -0.25) is 0 Å². The summed E-state index contributed by atoms with van der Waals surface area (Å²) in [5, 5.41) is 4.50. The third-order valence-electron chi connectivity index (χ3n) is 4.25. The van der Waals surface area contributed by atoms with E-state index in [4.69, 9.17) is 16.3 Å². The maximum atomic E-state index is 6.02. The monoisotopic (exact) mass is 279 g/mol. The van der Waals surface area contributed by atoms with Gasteiger partial charge in [0.1, 0.15) is 11.9 Å². The number of hydrogen-bond donors (Lipinski definition) is 1. The van der Waals surface area contributed by atoms with E-state index >= 15 is 0 Å². The molecule has 1 atom stereocenters. The topological polar surface area (TPSA) is 21.3 Å². The minimum Gasteiger partial charge on any atom is -0.488 e. The Morgan fingerprint density at radius 2 is 1.95 bits per heavy atom. The fourth-order valence-corrected chi connectivity index (χ4v) is 3.38. The van der Waals surface area contributed by atoms with Crippen molar-refractivity contribution < 1.29 is 4.74 Å². The highest BCUT2D eigenvalue weighted by molar-refractivity contribution is 6.30. The fraction of sp³-hybridized carbons (Fsp3) is 0.625. The highest BCUT2D eigenvalue weighted by atomic mass is 35.5. The van der Waals surface area contributed by atoms with Gasteiger partial charge in [-0.15, -0.1) is 0 Å². The maximum Gasteiger partial charge on any atom is 0.123 e. The van der Waals surface area contributed by atoms with E-state index in [1.807, 2.05) is 18.2 Å². The summed E-state index contributed by atoms with van der Waals surface area (Å²) in [6, 6.07) is 6.62. The van der Waals surface area contributed by atoms with Crippen LogP contribution in [0.4, 0.5) is 0 Å². The Morgan fingerprint density at radius 1 is 1.16 bits per heavy atom. The molecule has 2 aliphatic rings. The smallest absolute Gasteiger partial charge is 0.123 e. The first-order valence-electron chi connectivity index (χ1n) is 7.50. The fourth-order valence-electron chi connectivity index (χ4n) is 3.18. The molecule has 1 aliphatic carbocycles. The Hall–Kier alpha value is -0.730. The van der Waals surface area contributed by atoms with Crippen LogP contribution >= 0.6 is 11.6 Å². The summed E-state index contributed by atoms with van der Waals surface area (Å²) in [6.45, 7) is 0.955. The molecule has 0 spiro atoms. The number of hydrogen-bond acceptors (Lipinski definition) is 2. The lowest BCUT2D eigenvalue weighted by atomic mass is 10.1. The normalized spacial score (nSPS) is 23.7. The molecule has 2 nitrogen and oxygen atoms in total. The third kappa shape index (κ3) is 3.43. The molecule has 1 unspecified atom stereocenters. The van der Waals surface area contributed by atoms with Crippen molar-refractivity contribution >= 4 is 11.6 Å². The molecular weight excluding hydrogens is 258 g/mol. The lowest BCUT2D eigenvalue weighted by Gasteiger charge is -2.19. The summed E-state index contributed by atoms with van der Waals surface area (Å²) in [6.07, 6.45) is 9.46. The molecule has 0 bridgehead atoms. The molecular formula is C16H22ClNO. The summed E-state index contributed by atoms with van der Waals surface area (Å²) in [4.78, 5) is 0. The van der Waals surface area contributed by atoms with Crippen molar-refractivity contribution in [3.8, 4) is 5.75 Å². The molecule has 1 fully saturated rings. The van der Waals surface area contributed by atoms with Crippen molar-refractivity contribution in [2.24, 2.45) is 0 Å². The van der Waals surface area contributed by atoms with Crippen molar-refractivity contribution in [1.29, 1.82) is 0 Å². The van der Waals surface area contributed by atoms with Crippen LogP contribution in [-0.2, 0) is 6.42 Å². The number of benzene rings is 1. The van der Waals surface area contributed by atoms with Crippen molar-refractivity contribution in [2.75, 3.05) is 6.54 Å². The largest absolute Gasteiger partial charge is 0.488 e. The molecule has 19 heavy (non-hydrogen) atoms. The molecule has 0 radical (unpaired) electrons. The van der Waals surface area contributed by atoms with E-state index in [-0.39, 0.29) is 6.10 Å². The van der Waals surface area contributed by atoms with E-state index in [0.29, 0.717) is 6.04 Å². The van der Waals surface area contributed by atoms with E-state index in [0.717, 1.165) is 23.7 Å². The Bertz CT molecular complexity index is 427. The molecule has 1 saturated carbocycles. The quantitative estimate of drug-likeness (QED) is 0.846. The van der Waals surface area contributed by atoms with E-state index in [1.54, 1.807) is 0 Å². The summed E-state index contributed by atoms with van der Waals surface area (Å²) in [5.74, 6) is 1.01. The highest BCUT2D eigenvalue weighted by Crippen LogP contribution is 2.31. The minimum absolute atomic E-state index is 0.275. The Morgan fingerprint density at radius 3 is 2.74 bits per heavy atom. The summed E-state index contributed by atoms with van der Waals surface area (Å²) in [7, 11) is 0. The average molecular weight is 280 g/mol. The first-order chi connectivity index (χ1) is 9.31. The van der Waals surface area contributed by atoms with Crippen LogP contribution in [0.1, 0.15) is 44.1 Å². The van der Waals surface area contributed by atoms with Gasteiger partial charge in [-0.2, -0.15) is 0 Å². The average Bonchev–Trinajstić information content (AvgIpc) is 2.63. The Kier molecular flexibility index (Phi) is 4.29. The standard InChI is InChI=1S/C16H22ClNO/c17-13-7-8-16-12(9-13)10-15(19-16)11-18-14-5-3-1-2-4-6-14/h7-9,14-15,18H,1-6,10-11H2. The first kappa shape index (κ1) is 13.3. The molecule has 1 heterocycles. The van der Waals surface area contributed by atoms with Crippen LogP contribution in [0, 0.1) is 0 Å². The first-order valence-corrected chi connectivity index (χ1v) is 7.87. The van der Waals surface area contributed by atoms with Gasteiger partial charge in [0, 0.05) is 24.0 Å². The van der Waals surface area contributed by atoms with Crippen LogP contribution in [0.5, 0.6) is 5.75 Å². The molecule has 1 aromatic rings. The van der Waals surface area contributed by atoms with E-state index in [2.05, 4.69) is 5.32 Å². The van der Waals surface area contributed by atoms with Gasteiger partial charge in [-0.1, -0.05) is 37.3 Å². The van der Waals surface area contributed by atoms with Crippen molar-refractivity contribution in [3.05, 3.63) is 28.8 Å². The number of fused-ring (bicyclic) bond motifs is 1. The molecule has 3 rings (SSSR count). The highest BCUT2D eigenvalue weighted by Gasteiger charge is 2.23. The molecule has 1 aromatic carbocycles. The molecule has 104 valence electrons. The zero-order valence-corrected chi connectivity index (χ0v) is 12.1. The second kappa shape index (κ2) is 6.15. The summed E-state index contributed by atoms with van der Waals surface area (Å²) in [5.41, 5.74) is 1.25. The zero-order chi connectivity index (χ0) is 13.1. The van der Waals surface area contributed by atoms with Gasteiger partial charge in [-0.05, 0) is 36.6 Å². The molecule has 3 heteroatoms. The van der Waals surface area contributed by atoms with E-state index in [9.17, 15) is 0 Å². The maximum absolute atomic E-state index is 6.02. The lowest BCUT2D eigenvalue weighted by molar-refractivity contribution is 0.219. The van der Waals surface area contributed by atoms with Gasteiger partial charge >= 0.3 is 0 Å². The number of nitrogens with one attached hydrogen (secondary N) is 1. The second-order valence-corrected chi connectivity index (χ2v) is 6.23. The van der Waals surface area contributed by atoms with Gasteiger partial charge < -0.3 is 10.1 Å². The van der Waals surface area contributed by atoms with E-state index in [1.165, 1.54) is 44.1 Å². The molecule has 1 aliphatic heterocycles. The third-order valence-corrected chi connectivity index (χ3v) is 4.49. The van der Waals surface area contributed by atoms with Crippen LogP contribution < -0.4 is 10.1 Å². The SMILES string of the molecule is Clc1ccc2c(c1)CC(CNC1CCCCCC1)O2. The number of rotatable bonds is 3. The lowest BCUT2D eigenvalue weighted by Crippen LogP contribution is -2.37.